The first-order valence-corrected chi connectivity index (χ1v) is 9.43. The fraction of sp³-hybridized carbons (Fsp3) is 0.600. The molecule has 2 heterocycles. The molecule has 7 heteroatoms. The minimum absolute atomic E-state index is 0.0309. The van der Waals surface area contributed by atoms with Crippen LogP contribution in [0, 0.1) is 5.92 Å². The zero-order valence-corrected chi connectivity index (χ0v) is 16.2. The van der Waals surface area contributed by atoms with Crippen LogP contribution < -0.4 is 14.8 Å². The van der Waals surface area contributed by atoms with Crippen LogP contribution in [0.5, 0.6) is 11.5 Å². The highest BCUT2D eigenvalue weighted by atomic mass is 16.7. The van der Waals surface area contributed by atoms with Gasteiger partial charge in [-0.2, -0.15) is 0 Å². The smallest absolute Gasteiger partial charge is 0.410 e. The van der Waals surface area contributed by atoms with Crippen LogP contribution in [0.25, 0.3) is 0 Å². The topological polar surface area (TPSA) is 77.1 Å². The number of amides is 2. The zero-order valence-electron chi connectivity index (χ0n) is 16.2. The van der Waals surface area contributed by atoms with Crippen molar-refractivity contribution in [1.82, 2.24) is 10.2 Å². The Balaban J connectivity index is 1.39. The summed E-state index contributed by atoms with van der Waals surface area (Å²) in [4.78, 5) is 26.1. The van der Waals surface area contributed by atoms with Crippen molar-refractivity contribution >= 4 is 12.0 Å². The van der Waals surface area contributed by atoms with Gasteiger partial charge in [-0.1, -0.05) is 6.07 Å². The molecule has 7 nitrogen and oxygen atoms in total. The molecule has 2 aliphatic rings. The lowest BCUT2D eigenvalue weighted by Gasteiger charge is -2.33. The fourth-order valence-electron chi connectivity index (χ4n) is 3.23. The summed E-state index contributed by atoms with van der Waals surface area (Å²) in [7, 11) is 0. The quantitative estimate of drug-likeness (QED) is 0.874. The molecule has 0 bridgehead atoms. The number of piperidine rings is 1. The van der Waals surface area contributed by atoms with Crippen LogP contribution >= 0.6 is 0 Å². The van der Waals surface area contributed by atoms with E-state index in [4.69, 9.17) is 14.2 Å². The maximum atomic E-state index is 12.2. The van der Waals surface area contributed by atoms with Gasteiger partial charge in [-0.15, -0.1) is 0 Å². The summed E-state index contributed by atoms with van der Waals surface area (Å²) < 4.78 is 16.0. The number of carbonyl (C=O) groups excluding carboxylic acids is 2. The molecule has 0 atom stereocenters. The minimum Gasteiger partial charge on any atom is -0.454 e. The highest BCUT2D eigenvalue weighted by molar-refractivity contribution is 5.76. The minimum atomic E-state index is -0.484. The molecule has 2 amide bonds. The van der Waals surface area contributed by atoms with Gasteiger partial charge < -0.3 is 24.4 Å². The van der Waals surface area contributed by atoms with Gasteiger partial charge >= 0.3 is 6.09 Å². The molecule has 2 aliphatic heterocycles. The predicted molar refractivity (Wildman–Crippen MR) is 99.6 cm³/mol. The zero-order chi connectivity index (χ0) is 19.4. The molecule has 0 radical (unpaired) electrons. The summed E-state index contributed by atoms with van der Waals surface area (Å²) in [5, 5.41) is 2.96. The average Bonchev–Trinajstić information content (AvgIpc) is 3.07. The van der Waals surface area contributed by atoms with Crippen LogP contribution in [0.4, 0.5) is 4.79 Å². The van der Waals surface area contributed by atoms with Gasteiger partial charge in [0.2, 0.25) is 12.7 Å². The Hall–Kier alpha value is -2.44. The number of nitrogens with zero attached hydrogens (tertiary/aromatic N) is 1. The number of ether oxygens (including phenoxy) is 3. The largest absolute Gasteiger partial charge is 0.454 e. The third kappa shape index (κ3) is 5.52. The molecular formula is C20H28N2O5. The van der Waals surface area contributed by atoms with Crippen molar-refractivity contribution in [1.29, 1.82) is 0 Å². The first-order valence-electron chi connectivity index (χ1n) is 9.43. The molecule has 148 valence electrons. The number of hydrogen-bond acceptors (Lipinski definition) is 5. The SMILES string of the molecule is CC(C)(C)OC(=O)N1CCC(CC(=O)NCc2ccc3c(c2)OCO3)CC1. The van der Waals surface area contributed by atoms with E-state index in [2.05, 4.69) is 5.32 Å². The molecule has 27 heavy (non-hydrogen) atoms. The van der Waals surface area contributed by atoms with E-state index in [-0.39, 0.29) is 18.8 Å². The number of rotatable bonds is 4. The summed E-state index contributed by atoms with van der Waals surface area (Å²) in [6.45, 7) is 7.57. The molecule has 1 fully saturated rings. The molecule has 1 saturated heterocycles. The Morgan fingerprint density at radius 2 is 1.89 bits per heavy atom. The van der Waals surface area contributed by atoms with E-state index >= 15 is 0 Å². The van der Waals surface area contributed by atoms with E-state index in [9.17, 15) is 9.59 Å². The lowest BCUT2D eigenvalue weighted by Crippen LogP contribution is -2.42. The number of hydrogen-bond donors (Lipinski definition) is 1. The molecule has 1 aromatic carbocycles. The first kappa shape index (κ1) is 19.3. The Bertz CT molecular complexity index is 690. The van der Waals surface area contributed by atoms with Gasteiger partial charge in [0.1, 0.15) is 5.60 Å². The van der Waals surface area contributed by atoms with Gasteiger partial charge in [0.05, 0.1) is 0 Å². The Labute approximate surface area is 160 Å². The second-order valence-electron chi connectivity index (χ2n) is 8.08. The van der Waals surface area contributed by atoms with E-state index in [0.717, 1.165) is 29.9 Å². The van der Waals surface area contributed by atoms with Crippen LogP contribution in [0.1, 0.15) is 45.6 Å². The van der Waals surface area contributed by atoms with Crippen molar-refractivity contribution < 1.29 is 23.8 Å². The molecule has 0 aliphatic carbocycles. The molecule has 0 aromatic heterocycles. The molecule has 3 rings (SSSR count). The van der Waals surface area contributed by atoms with Crippen LogP contribution in [-0.2, 0) is 16.1 Å². The van der Waals surface area contributed by atoms with E-state index < -0.39 is 5.60 Å². The lowest BCUT2D eigenvalue weighted by atomic mass is 9.93. The fourth-order valence-corrected chi connectivity index (χ4v) is 3.23. The van der Waals surface area contributed by atoms with Gasteiger partial charge in [0.25, 0.3) is 0 Å². The molecule has 1 aromatic rings. The number of carbonyl (C=O) groups is 2. The Kier molecular flexibility index (Phi) is 5.77. The van der Waals surface area contributed by atoms with E-state index in [1.165, 1.54) is 0 Å². The van der Waals surface area contributed by atoms with Crippen LogP contribution in [0.3, 0.4) is 0 Å². The predicted octanol–water partition coefficient (Wildman–Crippen LogP) is 3.07. The number of fused-ring (bicyclic) bond motifs is 1. The maximum absolute atomic E-state index is 12.2. The molecule has 0 saturated carbocycles. The number of likely N-dealkylation sites (tertiary alicyclic amines) is 1. The third-order valence-corrected chi connectivity index (χ3v) is 4.67. The van der Waals surface area contributed by atoms with Crippen LogP contribution in [0.15, 0.2) is 18.2 Å². The highest BCUT2D eigenvalue weighted by Gasteiger charge is 2.27. The normalized spacial score (nSPS) is 16.9. The summed E-state index contributed by atoms with van der Waals surface area (Å²) in [5.74, 6) is 1.78. The van der Waals surface area contributed by atoms with Gasteiger partial charge in [-0.25, -0.2) is 4.79 Å². The summed E-state index contributed by atoms with van der Waals surface area (Å²) in [6, 6.07) is 5.67. The average molecular weight is 376 g/mol. The molecule has 1 N–H and O–H groups in total. The molecular weight excluding hydrogens is 348 g/mol. The van der Waals surface area contributed by atoms with E-state index in [0.29, 0.717) is 32.0 Å². The van der Waals surface area contributed by atoms with Gasteiger partial charge in [0.15, 0.2) is 11.5 Å². The van der Waals surface area contributed by atoms with Crippen LogP contribution in [-0.4, -0.2) is 42.4 Å². The van der Waals surface area contributed by atoms with Crippen molar-refractivity contribution in [3.63, 3.8) is 0 Å². The van der Waals surface area contributed by atoms with Crippen molar-refractivity contribution in [2.45, 2.75) is 52.2 Å². The molecule has 0 unspecified atom stereocenters. The van der Waals surface area contributed by atoms with Crippen molar-refractivity contribution in [3.05, 3.63) is 23.8 Å². The van der Waals surface area contributed by atoms with E-state index in [1.54, 1.807) is 4.90 Å². The van der Waals surface area contributed by atoms with Crippen molar-refractivity contribution in [2.24, 2.45) is 5.92 Å². The second kappa shape index (κ2) is 8.06. The maximum Gasteiger partial charge on any atom is 0.410 e. The van der Waals surface area contributed by atoms with Crippen molar-refractivity contribution in [3.8, 4) is 11.5 Å². The summed E-state index contributed by atoms with van der Waals surface area (Å²) in [6.07, 6.45) is 1.84. The van der Waals surface area contributed by atoms with Gasteiger partial charge in [-0.05, 0) is 57.2 Å². The highest BCUT2D eigenvalue weighted by Crippen LogP contribution is 2.32. The van der Waals surface area contributed by atoms with Crippen molar-refractivity contribution in [2.75, 3.05) is 19.9 Å². The Morgan fingerprint density at radius 1 is 1.19 bits per heavy atom. The number of benzene rings is 1. The standard InChI is InChI=1S/C20H28N2O5/c1-20(2,3)27-19(24)22-8-6-14(7-9-22)11-18(23)21-12-15-4-5-16-17(10-15)26-13-25-16/h4-5,10,14H,6-9,11-13H2,1-3H3,(H,21,23). The first-order chi connectivity index (χ1) is 12.8. The van der Waals surface area contributed by atoms with Gasteiger partial charge in [-0.3, -0.25) is 4.79 Å². The second-order valence-corrected chi connectivity index (χ2v) is 8.08. The molecule has 0 spiro atoms. The summed E-state index contributed by atoms with van der Waals surface area (Å²) >= 11 is 0. The Morgan fingerprint density at radius 3 is 2.59 bits per heavy atom. The monoisotopic (exact) mass is 376 g/mol. The van der Waals surface area contributed by atoms with E-state index in [1.807, 2.05) is 39.0 Å². The lowest BCUT2D eigenvalue weighted by molar-refractivity contribution is -0.122. The number of nitrogens with one attached hydrogen (secondary N) is 1. The summed E-state index contributed by atoms with van der Waals surface area (Å²) in [5.41, 5.74) is 0.495. The third-order valence-electron chi connectivity index (χ3n) is 4.67. The van der Waals surface area contributed by atoms with Gasteiger partial charge in [0, 0.05) is 26.1 Å². The van der Waals surface area contributed by atoms with Crippen LogP contribution in [0.2, 0.25) is 0 Å².